The lowest BCUT2D eigenvalue weighted by molar-refractivity contribution is -0.139. The molecular formula is C31H38FN3O5S. The molecule has 3 aromatic carbocycles. The summed E-state index contributed by atoms with van der Waals surface area (Å²) in [5, 5.41) is 2.86. The molecule has 0 saturated carbocycles. The first-order chi connectivity index (χ1) is 19.4. The van der Waals surface area contributed by atoms with E-state index in [0.29, 0.717) is 18.9 Å². The Bertz CT molecular complexity index is 1430. The van der Waals surface area contributed by atoms with Crippen LogP contribution in [-0.2, 0) is 26.2 Å². The maximum absolute atomic E-state index is 14.0. The quantitative estimate of drug-likeness (QED) is 0.308. The molecule has 8 nitrogen and oxygen atoms in total. The lowest BCUT2D eigenvalue weighted by Gasteiger charge is -2.32. The monoisotopic (exact) mass is 583 g/mol. The largest absolute Gasteiger partial charge is 0.494 e. The van der Waals surface area contributed by atoms with Gasteiger partial charge in [0.25, 0.3) is 10.0 Å². The van der Waals surface area contributed by atoms with Gasteiger partial charge in [-0.1, -0.05) is 38.1 Å². The van der Waals surface area contributed by atoms with E-state index in [4.69, 9.17) is 4.74 Å². The molecule has 0 aliphatic heterocycles. The van der Waals surface area contributed by atoms with E-state index < -0.39 is 34.3 Å². The van der Waals surface area contributed by atoms with Crippen LogP contribution in [0.25, 0.3) is 0 Å². The van der Waals surface area contributed by atoms with Gasteiger partial charge in [0, 0.05) is 13.1 Å². The van der Waals surface area contributed by atoms with Crippen LogP contribution in [-0.4, -0.2) is 50.9 Å². The van der Waals surface area contributed by atoms with Crippen molar-refractivity contribution in [1.82, 2.24) is 10.2 Å². The molecule has 1 unspecified atom stereocenters. The Morgan fingerprint density at radius 3 is 2.17 bits per heavy atom. The molecule has 1 atom stereocenters. The zero-order valence-corrected chi connectivity index (χ0v) is 24.9. The number of nitrogens with one attached hydrogen (secondary N) is 1. The second kappa shape index (κ2) is 14.1. The number of amides is 2. The molecule has 1 N–H and O–H groups in total. The molecule has 0 aromatic heterocycles. The van der Waals surface area contributed by atoms with Gasteiger partial charge in [0.05, 0.1) is 17.2 Å². The maximum Gasteiger partial charge on any atom is 0.264 e. The molecule has 3 rings (SSSR count). The molecule has 0 aliphatic rings. The van der Waals surface area contributed by atoms with E-state index in [2.05, 4.69) is 5.32 Å². The van der Waals surface area contributed by atoms with Crippen molar-refractivity contribution in [3.63, 3.8) is 0 Å². The van der Waals surface area contributed by atoms with Crippen LogP contribution in [0.3, 0.4) is 0 Å². The van der Waals surface area contributed by atoms with Gasteiger partial charge in [-0.2, -0.15) is 0 Å². The van der Waals surface area contributed by atoms with E-state index in [1.54, 1.807) is 6.92 Å². The summed E-state index contributed by atoms with van der Waals surface area (Å²) in [6.45, 7) is 9.63. The van der Waals surface area contributed by atoms with Crippen LogP contribution in [0.2, 0.25) is 0 Å². The lowest BCUT2D eigenvalue weighted by atomic mass is 10.1. The van der Waals surface area contributed by atoms with Gasteiger partial charge in [0.2, 0.25) is 11.8 Å². The number of anilines is 1. The average Bonchev–Trinajstić information content (AvgIpc) is 2.94. The zero-order valence-electron chi connectivity index (χ0n) is 24.1. The van der Waals surface area contributed by atoms with Gasteiger partial charge in [-0.05, 0) is 86.3 Å². The van der Waals surface area contributed by atoms with Crippen LogP contribution in [0.1, 0.15) is 38.8 Å². The minimum atomic E-state index is -4.27. The number of ether oxygens (including phenoxy) is 1. The third-order valence-electron chi connectivity index (χ3n) is 6.57. The number of halogens is 1. The Labute approximate surface area is 242 Å². The minimum absolute atomic E-state index is 0.0637. The predicted molar refractivity (Wildman–Crippen MR) is 158 cm³/mol. The van der Waals surface area contributed by atoms with Crippen LogP contribution in [0.15, 0.2) is 77.7 Å². The second-order valence-electron chi connectivity index (χ2n) is 10.2. The normalized spacial score (nSPS) is 12.1. The minimum Gasteiger partial charge on any atom is -0.494 e. The van der Waals surface area contributed by atoms with Crippen LogP contribution in [0.4, 0.5) is 10.1 Å². The van der Waals surface area contributed by atoms with Crippen LogP contribution in [0, 0.1) is 18.7 Å². The van der Waals surface area contributed by atoms with Gasteiger partial charge in [-0.25, -0.2) is 12.8 Å². The molecule has 2 amide bonds. The van der Waals surface area contributed by atoms with Crippen LogP contribution < -0.4 is 14.4 Å². The third-order valence-corrected chi connectivity index (χ3v) is 8.36. The van der Waals surface area contributed by atoms with Crippen LogP contribution in [0.5, 0.6) is 5.75 Å². The van der Waals surface area contributed by atoms with Gasteiger partial charge in [0.1, 0.15) is 24.2 Å². The number of hydrogen-bond donors (Lipinski definition) is 1. The van der Waals surface area contributed by atoms with Crippen LogP contribution >= 0.6 is 0 Å². The smallest absolute Gasteiger partial charge is 0.264 e. The summed E-state index contributed by atoms with van der Waals surface area (Å²) in [6.07, 6.45) is 0. The van der Waals surface area contributed by atoms with Crippen molar-refractivity contribution in [3.05, 3.63) is 89.7 Å². The Morgan fingerprint density at radius 2 is 1.59 bits per heavy atom. The highest BCUT2D eigenvalue weighted by atomic mass is 32.2. The first-order valence-corrected chi connectivity index (χ1v) is 15.0. The Morgan fingerprint density at radius 1 is 0.951 bits per heavy atom. The van der Waals surface area contributed by atoms with Crippen molar-refractivity contribution in [1.29, 1.82) is 0 Å². The highest BCUT2D eigenvalue weighted by Gasteiger charge is 2.32. The lowest BCUT2D eigenvalue weighted by Crippen LogP contribution is -2.51. The molecule has 0 spiro atoms. The number of nitrogens with zero attached hydrogens (tertiary/aromatic N) is 2. The summed E-state index contributed by atoms with van der Waals surface area (Å²) in [6, 6.07) is 17.3. The van der Waals surface area contributed by atoms with E-state index in [0.717, 1.165) is 27.6 Å². The fraction of sp³-hybridized carbons (Fsp3) is 0.355. The van der Waals surface area contributed by atoms with Crippen molar-refractivity contribution in [3.8, 4) is 5.75 Å². The maximum atomic E-state index is 14.0. The van der Waals surface area contributed by atoms with Gasteiger partial charge in [-0.3, -0.25) is 13.9 Å². The number of rotatable bonds is 13. The molecule has 0 aliphatic carbocycles. The highest BCUT2D eigenvalue weighted by Crippen LogP contribution is 2.26. The van der Waals surface area contributed by atoms with Crippen molar-refractivity contribution >= 4 is 27.5 Å². The first-order valence-electron chi connectivity index (χ1n) is 13.6. The standard InChI is InChI=1S/C31H38FN3O5S/c1-6-40-28-15-17-29(18-16-28)41(38,39)35(27-13-11-26(32)12-14-27)21-30(36)34(20-25-10-8-7-9-23(25)4)24(5)31(37)33-19-22(2)3/h7-18,22,24H,6,19-21H2,1-5H3,(H,33,37). The number of sulfonamides is 1. The van der Waals surface area contributed by atoms with E-state index in [1.807, 2.05) is 52.0 Å². The number of aryl methyl sites for hydroxylation is 1. The van der Waals surface area contributed by atoms with Crippen molar-refractivity contribution in [2.45, 2.75) is 52.1 Å². The first kappa shape index (κ1) is 31.6. The Kier molecular flexibility index (Phi) is 10.9. The van der Waals surface area contributed by atoms with Crippen molar-refractivity contribution in [2.24, 2.45) is 5.92 Å². The Balaban J connectivity index is 2.01. The SMILES string of the molecule is CCOc1ccc(S(=O)(=O)N(CC(=O)N(Cc2ccccc2C)C(C)C(=O)NCC(C)C)c2ccc(F)cc2)cc1. The average molecular weight is 584 g/mol. The zero-order chi connectivity index (χ0) is 30.2. The topological polar surface area (TPSA) is 96.0 Å². The highest BCUT2D eigenvalue weighted by molar-refractivity contribution is 7.92. The van der Waals surface area contributed by atoms with E-state index in [1.165, 1.54) is 41.3 Å². The van der Waals surface area contributed by atoms with E-state index in [-0.39, 0.29) is 29.0 Å². The summed E-state index contributed by atoms with van der Waals surface area (Å²) in [5.41, 5.74) is 1.87. The van der Waals surface area contributed by atoms with Gasteiger partial charge < -0.3 is 15.0 Å². The molecule has 10 heteroatoms. The fourth-order valence-corrected chi connectivity index (χ4v) is 5.56. The molecule has 0 bridgehead atoms. The number of hydrogen-bond acceptors (Lipinski definition) is 5. The summed E-state index contributed by atoms with van der Waals surface area (Å²) in [7, 11) is -4.27. The summed E-state index contributed by atoms with van der Waals surface area (Å²) in [5.74, 6) is -0.765. The molecule has 3 aromatic rings. The summed E-state index contributed by atoms with van der Waals surface area (Å²) >= 11 is 0. The van der Waals surface area contributed by atoms with Crippen molar-refractivity contribution < 1.29 is 27.1 Å². The molecular weight excluding hydrogens is 545 g/mol. The number of benzene rings is 3. The molecule has 0 saturated heterocycles. The molecule has 41 heavy (non-hydrogen) atoms. The predicted octanol–water partition coefficient (Wildman–Crippen LogP) is 4.92. The summed E-state index contributed by atoms with van der Waals surface area (Å²) in [4.78, 5) is 28.3. The molecule has 220 valence electrons. The molecule has 0 fully saturated rings. The molecule has 0 heterocycles. The van der Waals surface area contributed by atoms with Crippen molar-refractivity contribution in [2.75, 3.05) is 24.0 Å². The second-order valence-corrected chi connectivity index (χ2v) is 12.0. The van der Waals surface area contributed by atoms with E-state index in [9.17, 15) is 22.4 Å². The molecule has 0 radical (unpaired) electrons. The number of carbonyl (C=O) groups excluding carboxylic acids is 2. The summed E-state index contributed by atoms with van der Waals surface area (Å²) < 4.78 is 47.9. The van der Waals surface area contributed by atoms with E-state index >= 15 is 0 Å². The van der Waals surface area contributed by atoms with Gasteiger partial charge >= 0.3 is 0 Å². The number of carbonyl (C=O) groups is 2. The third kappa shape index (κ3) is 8.29. The van der Waals surface area contributed by atoms with Gasteiger partial charge in [-0.15, -0.1) is 0 Å². The fourth-order valence-electron chi connectivity index (χ4n) is 4.14. The Hall–Kier alpha value is -3.92. The van der Waals surface area contributed by atoms with Gasteiger partial charge in [0.15, 0.2) is 0 Å².